The molecule has 4 N–H and O–H groups in total. The van der Waals surface area contributed by atoms with Crippen molar-refractivity contribution in [3.05, 3.63) is 22.4 Å². The van der Waals surface area contributed by atoms with Gasteiger partial charge in [0.15, 0.2) is 5.96 Å². The summed E-state index contributed by atoms with van der Waals surface area (Å²) >= 11 is 1.77. The Balaban J connectivity index is 1.13. The topological polar surface area (TPSA) is 70.6 Å². The number of thiophene rings is 1. The van der Waals surface area contributed by atoms with Crippen molar-refractivity contribution in [1.82, 2.24) is 5.32 Å². The first-order valence-corrected chi connectivity index (χ1v) is 10.3. The molecule has 9 atom stereocenters. The van der Waals surface area contributed by atoms with Crippen LogP contribution in [-0.2, 0) is 6.42 Å². The highest BCUT2D eigenvalue weighted by Crippen LogP contribution is 2.85. The molecule has 128 valence electrons. The van der Waals surface area contributed by atoms with E-state index in [2.05, 4.69) is 27.8 Å². The number of nitrogens with zero attached hydrogens (tertiary/aromatic N) is 1. The van der Waals surface area contributed by atoms with Gasteiger partial charge in [-0.3, -0.25) is 4.99 Å². The van der Waals surface area contributed by atoms with E-state index < -0.39 is 5.60 Å². The van der Waals surface area contributed by atoms with Crippen molar-refractivity contribution in [2.45, 2.75) is 24.9 Å². The molecule has 5 saturated carbocycles. The minimum absolute atomic E-state index is 0.498. The van der Waals surface area contributed by atoms with Gasteiger partial charge in [-0.25, -0.2) is 0 Å². The van der Waals surface area contributed by atoms with E-state index in [1.54, 1.807) is 11.3 Å². The molecule has 0 aliphatic heterocycles. The van der Waals surface area contributed by atoms with Gasteiger partial charge in [-0.05, 0) is 78.1 Å². The van der Waals surface area contributed by atoms with Crippen molar-refractivity contribution in [2.75, 3.05) is 13.1 Å². The molecule has 6 rings (SSSR count). The number of aliphatic hydroxyl groups is 1. The van der Waals surface area contributed by atoms with E-state index in [-0.39, 0.29) is 0 Å². The summed E-state index contributed by atoms with van der Waals surface area (Å²) in [6.07, 6.45) is 3.78. The Bertz CT molecular complexity index is 697. The highest BCUT2D eigenvalue weighted by molar-refractivity contribution is 7.09. The molecule has 5 aliphatic rings. The number of rotatable bonds is 5. The third-order valence-corrected chi connectivity index (χ3v) is 9.22. The fourth-order valence-electron chi connectivity index (χ4n) is 7.97. The average molecular weight is 343 g/mol. The third kappa shape index (κ3) is 1.52. The normalized spacial score (nSPS) is 52.3. The molecule has 1 aromatic heterocycles. The zero-order chi connectivity index (χ0) is 16.1. The van der Waals surface area contributed by atoms with Crippen LogP contribution in [0.4, 0.5) is 0 Å². The number of guanidine groups is 1. The number of fused-ring (bicyclic) bond motifs is 2. The number of nitrogens with one attached hydrogen (secondary N) is 1. The molecular formula is C19H25N3OS. The largest absolute Gasteiger partial charge is 0.387 e. The van der Waals surface area contributed by atoms with E-state index in [0.29, 0.717) is 24.3 Å². The molecule has 24 heavy (non-hydrogen) atoms. The highest BCUT2D eigenvalue weighted by Gasteiger charge is 2.84. The lowest BCUT2D eigenvalue weighted by Gasteiger charge is -2.51. The Morgan fingerprint density at radius 3 is 2.92 bits per heavy atom. The quantitative estimate of drug-likeness (QED) is 0.563. The molecule has 5 heteroatoms. The van der Waals surface area contributed by atoms with Crippen molar-refractivity contribution >= 4 is 17.3 Å². The first-order chi connectivity index (χ1) is 11.7. The minimum Gasteiger partial charge on any atom is -0.387 e. The number of hydrogen-bond donors (Lipinski definition) is 3. The van der Waals surface area contributed by atoms with Crippen LogP contribution in [0.15, 0.2) is 22.5 Å². The second-order valence-corrected chi connectivity index (χ2v) is 9.81. The maximum atomic E-state index is 11.5. The molecule has 0 saturated heterocycles. The molecule has 4 nitrogen and oxygen atoms in total. The summed E-state index contributed by atoms with van der Waals surface area (Å²) in [5, 5.41) is 16.8. The lowest BCUT2D eigenvalue weighted by molar-refractivity contribution is -0.123. The molecule has 5 aliphatic carbocycles. The second-order valence-electron chi connectivity index (χ2n) is 8.78. The van der Waals surface area contributed by atoms with Crippen LogP contribution >= 0.6 is 11.3 Å². The van der Waals surface area contributed by atoms with Crippen LogP contribution < -0.4 is 11.1 Å². The van der Waals surface area contributed by atoms with Gasteiger partial charge in [0.1, 0.15) is 0 Å². The summed E-state index contributed by atoms with van der Waals surface area (Å²) in [4.78, 5) is 5.94. The number of hydrogen-bond acceptors (Lipinski definition) is 3. The van der Waals surface area contributed by atoms with Crippen LogP contribution in [0.2, 0.25) is 0 Å². The molecule has 0 spiro atoms. The average Bonchev–Trinajstić information content (AvgIpc) is 3.23. The molecule has 2 bridgehead atoms. The Hall–Kier alpha value is -1.07. The van der Waals surface area contributed by atoms with Crippen LogP contribution in [0.25, 0.3) is 0 Å². The highest BCUT2D eigenvalue weighted by atomic mass is 32.1. The SMILES string of the molecule is NC(=NCC1(O)C2C3CC4C5C3CC2C5C41)NCCc1cccs1. The van der Waals surface area contributed by atoms with E-state index in [1.165, 1.54) is 17.7 Å². The van der Waals surface area contributed by atoms with Crippen LogP contribution in [0.1, 0.15) is 17.7 Å². The second kappa shape index (κ2) is 4.55. The standard InChI is InChI=1S/C19H25N3OS/c20-18(21-4-3-9-2-1-5-24-9)22-8-19(23)16-11-7-12-14-10(11)6-13(16)15(14)17(12)19/h1-2,5,10-17,23H,3-4,6-8H2,(H3,20,21,22). The summed E-state index contributed by atoms with van der Waals surface area (Å²) in [7, 11) is 0. The predicted molar refractivity (Wildman–Crippen MR) is 94.6 cm³/mol. The van der Waals surface area contributed by atoms with E-state index in [1.807, 2.05) is 0 Å². The summed E-state index contributed by atoms with van der Waals surface area (Å²) < 4.78 is 0. The molecular weight excluding hydrogens is 318 g/mol. The zero-order valence-corrected chi connectivity index (χ0v) is 14.6. The van der Waals surface area contributed by atoms with Gasteiger partial charge in [0.05, 0.1) is 12.1 Å². The lowest BCUT2D eigenvalue weighted by Crippen LogP contribution is -2.56. The van der Waals surface area contributed by atoms with Crippen molar-refractivity contribution < 1.29 is 5.11 Å². The maximum Gasteiger partial charge on any atom is 0.188 e. The molecule has 1 heterocycles. The molecule has 0 radical (unpaired) electrons. The van der Waals surface area contributed by atoms with Gasteiger partial charge in [0.2, 0.25) is 0 Å². The van der Waals surface area contributed by atoms with Crippen LogP contribution in [0, 0.1) is 47.3 Å². The van der Waals surface area contributed by atoms with Gasteiger partial charge in [-0.1, -0.05) is 6.07 Å². The smallest absolute Gasteiger partial charge is 0.188 e. The van der Waals surface area contributed by atoms with Crippen molar-refractivity contribution in [2.24, 2.45) is 58.1 Å². The fraction of sp³-hybridized carbons (Fsp3) is 0.737. The zero-order valence-electron chi connectivity index (χ0n) is 13.8. The maximum absolute atomic E-state index is 11.5. The Kier molecular flexibility index (Phi) is 2.68. The summed E-state index contributed by atoms with van der Waals surface area (Å²) in [5.74, 6) is 6.72. The molecule has 9 unspecified atom stereocenters. The van der Waals surface area contributed by atoms with Crippen molar-refractivity contribution in [3.63, 3.8) is 0 Å². The van der Waals surface area contributed by atoms with E-state index in [9.17, 15) is 5.11 Å². The summed E-state index contributed by atoms with van der Waals surface area (Å²) in [5.41, 5.74) is 5.52. The Morgan fingerprint density at radius 2 is 2.08 bits per heavy atom. The van der Waals surface area contributed by atoms with Crippen molar-refractivity contribution in [1.29, 1.82) is 0 Å². The lowest BCUT2D eigenvalue weighted by atomic mass is 9.56. The summed E-state index contributed by atoms with van der Waals surface area (Å²) in [6.45, 7) is 1.32. The van der Waals surface area contributed by atoms with E-state index >= 15 is 0 Å². The van der Waals surface area contributed by atoms with Gasteiger partial charge in [-0.15, -0.1) is 11.3 Å². The number of nitrogens with two attached hydrogens (primary N) is 1. The fourth-order valence-corrected chi connectivity index (χ4v) is 8.68. The Labute approximate surface area is 146 Å². The van der Waals surface area contributed by atoms with Crippen molar-refractivity contribution in [3.8, 4) is 0 Å². The molecule has 0 amide bonds. The Morgan fingerprint density at radius 1 is 1.25 bits per heavy atom. The van der Waals surface area contributed by atoms with E-state index in [0.717, 1.165) is 48.5 Å². The van der Waals surface area contributed by atoms with Gasteiger partial charge in [-0.2, -0.15) is 0 Å². The number of aliphatic imine (C=N–C) groups is 1. The molecule has 5 fully saturated rings. The predicted octanol–water partition coefficient (Wildman–Crippen LogP) is 1.70. The van der Waals surface area contributed by atoms with Crippen LogP contribution in [0.5, 0.6) is 0 Å². The monoisotopic (exact) mass is 343 g/mol. The third-order valence-electron chi connectivity index (χ3n) is 8.28. The van der Waals surface area contributed by atoms with Gasteiger partial charge in [0.25, 0.3) is 0 Å². The molecule has 1 aromatic rings. The van der Waals surface area contributed by atoms with E-state index in [4.69, 9.17) is 5.73 Å². The first kappa shape index (κ1) is 14.1. The van der Waals surface area contributed by atoms with Gasteiger partial charge < -0.3 is 16.2 Å². The van der Waals surface area contributed by atoms with Gasteiger partial charge >= 0.3 is 0 Å². The first-order valence-electron chi connectivity index (χ1n) is 9.47. The molecule has 0 aromatic carbocycles. The van der Waals surface area contributed by atoms with Crippen LogP contribution in [-0.4, -0.2) is 29.8 Å². The minimum atomic E-state index is -0.551. The van der Waals surface area contributed by atoms with Crippen LogP contribution in [0.3, 0.4) is 0 Å². The summed E-state index contributed by atoms with van der Waals surface area (Å²) in [6, 6.07) is 4.22. The van der Waals surface area contributed by atoms with Gasteiger partial charge in [0, 0.05) is 11.4 Å².